The van der Waals surface area contributed by atoms with Crippen LogP contribution in [0.5, 0.6) is 0 Å². The molecule has 0 heterocycles. The van der Waals surface area contributed by atoms with Gasteiger partial charge in [0.2, 0.25) is 0 Å². The highest BCUT2D eigenvalue weighted by atomic mass is 16.6. The quantitative estimate of drug-likeness (QED) is 0.645. The van der Waals surface area contributed by atoms with E-state index in [2.05, 4.69) is 10.1 Å². The fourth-order valence-corrected chi connectivity index (χ4v) is 1.84. The van der Waals surface area contributed by atoms with Crippen molar-refractivity contribution in [1.29, 1.82) is 0 Å². The second-order valence-electron chi connectivity index (χ2n) is 6.12. The minimum Gasteiger partial charge on any atom is -0.469 e. The molecule has 23 heavy (non-hydrogen) atoms. The van der Waals surface area contributed by atoms with E-state index in [4.69, 9.17) is 4.74 Å². The Balaban J connectivity index is 2.39. The number of rotatable bonds is 6. The van der Waals surface area contributed by atoms with Crippen LogP contribution in [-0.2, 0) is 20.7 Å². The molecule has 0 aromatic heterocycles. The normalized spacial score (nSPS) is 11.3. The zero-order chi connectivity index (χ0) is 17.3. The van der Waals surface area contributed by atoms with E-state index in [0.29, 0.717) is 13.0 Å². The molecular weight excluding hydrogens is 294 g/mol. The molecule has 1 aromatic carbocycles. The Hall–Kier alpha value is -2.30. The van der Waals surface area contributed by atoms with Crippen LogP contribution in [0.1, 0.15) is 38.3 Å². The van der Waals surface area contributed by atoms with Crippen LogP contribution in [0.25, 0.3) is 6.08 Å². The molecule has 0 fully saturated rings. The number of alkyl carbamates (subject to hydrolysis) is 1. The number of ether oxygens (including phenoxy) is 2. The second kappa shape index (κ2) is 8.98. The Morgan fingerprint density at radius 1 is 1.26 bits per heavy atom. The van der Waals surface area contributed by atoms with E-state index in [9.17, 15) is 9.59 Å². The summed E-state index contributed by atoms with van der Waals surface area (Å²) < 4.78 is 9.80. The molecule has 1 aromatic rings. The highest BCUT2D eigenvalue weighted by molar-refractivity contribution is 5.72. The molecule has 0 aliphatic rings. The molecule has 1 amide bonds. The van der Waals surface area contributed by atoms with Crippen LogP contribution >= 0.6 is 0 Å². The number of carbonyl (C=O) groups excluding carboxylic acids is 2. The number of amides is 1. The number of benzene rings is 1. The molecule has 0 unspecified atom stereocenters. The lowest BCUT2D eigenvalue weighted by Crippen LogP contribution is -2.32. The Morgan fingerprint density at radius 3 is 2.65 bits per heavy atom. The maximum atomic E-state index is 11.5. The zero-order valence-corrected chi connectivity index (χ0v) is 14.2. The van der Waals surface area contributed by atoms with Crippen molar-refractivity contribution in [3.63, 3.8) is 0 Å². The standard InChI is InChI=1S/C18H25NO4/c1-18(2,3)23-17(21)19-11-6-5-8-14-9-7-10-15(12-14)13-16(20)22-4/h5,7-10,12H,6,11,13H2,1-4H3,(H,19,21). The van der Waals surface area contributed by atoms with Gasteiger partial charge in [0.1, 0.15) is 5.60 Å². The molecule has 0 atom stereocenters. The van der Waals surface area contributed by atoms with Crippen LogP contribution in [0, 0.1) is 0 Å². The number of hydrogen-bond acceptors (Lipinski definition) is 4. The minimum atomic E-state index is -0.486. The zero-order valence-electron chi connectivity index (χ0n) is 14.2. The summed E-state index contributed by atoms with van der Waals surface area (Å²) in [4.78, 5) is 22.7. The molecule has 0 spiro atoms. The van der Waals surface area contributed by atoms with Crippen molar-refractivity contribution in [2.75, 3.05) is 13.7 Å². The highest BCUT2D eigenvalue weighted by Gasteiger charge is 2.15. The molecule has 0 saturated heterocycles. The van der Waals surface area contributed by atoms with Gasteiger partial charge in [-0.2, -0.15) is 0 Å². The Morgan fingerprint density at radius 2 is 2.00 bits per heavy atom. The van der Waals surface area contributed by atoms with E-state index in [1.54, 1.807) is 0 Å². The van der Waals surface area contributed by atoms with Crippen LogP contribution in [0.15, 0.2) is 30.3 Å². The lowest BCUT2D eigenvalue weighted by molar-refractivity contribution is -0.139. The van der Waals surface area contributed by atoms with Crippen molar-refractivity contribution in [2.45, 2.75) is 39.2 Å². The van der Waals surface area contributed by atoms with Crippen molar-refractivity contribution < 1.29 is 19.1 Å². The molecule has 0 saturated carbocycles. The Labute approximate surface area is 137 Å². The summed E-state index contributed by atoms with van der Waals surface area (Å²) >= 11 is 0. The highest BCUT2D eigenvalue weighted by Crippen LogP contribution is 2.09. The van der Waals surface area contributed by atoms with Gasteiger partial charge >= 0.3 is 12.1 Å². The first-order valence-electron chi connectivity index (χ1n) is 7.59. The van der Waals surface area contributed by atoms with Crippen LogP contribution in [0.2, 0.25) is 0 Å². The predicted molar refractivity (Wildman–Crippen MR) is 90.0 cm³/mol. The summed E-state index contributed by atoms with van der Waals surface area (Å²) in [7, 11) is 1.38. The van der Waals surface area contributed by atoms with Crippen LogP contribution in [-0.4, -0.2) is 31.3 Å². The van der Waals surface area contributed by atoms with E-state index in [-0.39, 0.29) is 12.4 Å². The summed E-state index contributed by atoms with van der Waals surface area (Å²) in [5.41, 5.74) is 1.43. The largest absolute Gasteiger partial charge is 0.469 e. The SMILES string of the molecule is COC(=O)Cc1cccc(C=CCCNC(=O)OC(C)(C)C)c1. The molecule has 126 valence electrons. The predicted octanol–water partition coefficient (Wildman–Crippen LogP) is 3.33. The third kappa shape index (κ3) is 8.66. The molecule has 0 bridgehead atoms. The van der Waals surface area contributed by atoms with Gasteiger partial charge in [-0.15, -0.1) is 0 Å². The van der Waals surface area contributed by atoms with E-state index >= 15 is 0 Å². The molecule has 5 nitrogen and oxygen atoms in total. The molecular formula is C18H25NO4. The van der Waals surface area contributed by atoms with Gasteiger partial charge in [0.05, 0.1) is 13.5 Å². The first-order valence-corrected chi connectivity index (χ1v) is 7.59. The van der Waals surface area contributed by atoms with E-state index < -0.39 is 11.7 Å². The monoisotopic (exact) mass is 319 g/mol. The number of hydrogen-bond donors (Lipinski definition) is 1. The lowest BCUT2D eigenvalue weighted by Gasteiger charge is -2.19. The third-order valence-corrected chi connectivity index (χ3v) is 2.82. The number of esters is 1. The molecule has 0 aliphatic carbocycles. The average molecular weight is 319 g/mol. The van der Waals surface area contributed by atoms with Gasteiger partial charge < -0.3 is 14.8 Å². The van der Waals surface area contributed by atoms with Gasteiger partial charge in [0.15, 0.2) is 0 Å². The maximum absolute atomic E-state index is 11.5. The van der Waals surface area contributed by atoms with Gasteiger partial charge in [0.25, 0.3) is 0 Å². The molecule has 0 radical (unpaired) electrons. The van der Waals surface area contributed by atoms with Crippen molar-refractivity contribution >= 4 is 18.1 Å². The second-order valence-corrected chi connectivity index (χ2v) is 6.12. The third-order valence-electron chi connectivity index (χ3n) is 2.82. The van der Waals surface area contributed by atoms with Gasteiger partial charge in [0, 0.05) is 6.54 Å². The number of methoxy groups -OCH3 is 1. The van der Waals surface area contributed by atoms with Gasteiger partial charge in [-0.25, -0.2) is 4.79 Å². The average Bonchev–Trinajstić information content (AvgIpc) is 2.45. The number of nitrogens with one attached hydrogen (secondary N) is 1. The van der Waals surface area contributed by atoms with Crippen molar-refractivity contribution in [3.8, 4) is 0 Å². The number of carbonyl (C=O) groups is 2. The smallest absolute Gasteiger partial charge is 0.407 e. The fraction of sp³-hybridized carbons (Fsp3) is 0.444. The topological polar surface area (TPSA) is 64.6 Å². The summed E-state index contributed by atoms with van der Waals surface area (Å²) in [6, 6.07) is 7.68. The maximum Gasteiger partial charge on any atom is 0.407 e. The summed E-state index contributed by atoms with van der Waals surface area (Å²) in [5, 5.41) is 2.70. The molecule has 1 rings (SSSR count). The van der Waals surface area contributed by atoms with Gasteiger partial charge in [-0.1, -0.05) is 36.4 Å². The van der Waals surface area contributed by atoms with Gasteiger partial charge in [-0.3, -0.25) is 4.79 Å². The van der Waals surface area contributed by atoms with Crippen molar-refractivity contribution in [1.82, 2.24) is 5.32 Å². The summed E-state index contributed by atoms with van der Waals surface area (Å²) in [5.74, 6) is -0.257. The van der Waals surface area contributed by atoms with Crippen molar-refractivity contribution in [2.24, 2.45) is 0 Å². The van der Waals surface area contributed by atoms with Crippen LogP contribution < -0.4 is 5.32 Å². The van der Waals surface area contributed by atoms with E-state index in [1.165, 1.54) is 7.11 Å². The van der Waals surface area contributed by atoms with Crippen molar-refractivity contribution in [3.05, 3.63) is 41.5 Å². The van der Waals surface area contributed by atoms with E-state index in [1.807, 2.05) is 57.2 Å². The van der Waals surface area contributed by atoms with Gasteiger partial charge in [-0.05, 0) is 38.3 Å². The van der Waals surface area contributed by atoms with Crippen LogP contribution in [0.3, 0.4) is 0 Å². The first-order chi connectivity index (χ1) is 10.8. The lowest BCUT2D eigenvalue weighted by atomic mass is 10.1. The first kappa shape index (κ1) is 18.7. The summed E-state index contributed by atoms with van der Waals surface area (Å²) in [6.45, 7) is 5.99. The molecule has 0 aliphatic heterocycles. The minimum absolute atomic E-state index is 0.257. The Bertz CT molecular complexity index is 558. The fourth-order valence-electron chi connectivity index (χ4n) is 1.84. The summed E-state index contributed by atoms with van der Waals surface area (Å²) in [6.07, 6.45) is 4.47. The molecule has 5 heteroatoms. The molecule has 1 N–H and O–H groups in total. The Kier molecular flexibility index (Phi) is 7.32. The van der Waals surface area contributed by atoms with E-state index in [0.717, 1.165) is 11.1 Å². The van der Waals surface area contributed by atoms with Crippen LogP contribution in [0.4, 0.5) is 4.79 Å².